The van der Waals surface area contributed by atoms with Gasteiger partial charge < -0.3 is 10.1 Å². The van der Waals surface area contributed by atoms with Crippen LogP contribution in [0.1, 0.15) is 29.8 Å². The van der Waals surface area contributed by atoms with Gasteiger partial charge in [0.05, 0.1) is 24.1 Å². The molecule has 0 unspecified atom stereocenters. The van der Waals surface area contributed by atoms with E-state index in [1.807, 2.05) is 0 Å². The lowest BCUT2D eigenvalue weighted by Gasteiger charge is -2.28. The number of nitrogens with zero attached hydrogens (tertiary/aromatic N) is 1. The molecule has 0 heterocycles. The maximum absolute atomic E-state index is 12.8. The van der Waals surface area contributed by atoms with Crippen molar-refractivity contribution in [1.82, 2.24) is 0 Å². The maximum Gasteiger partial charge on any atom is 0.338 e. The first-order valence-electron chi connectivity index (χ1n) is 8.78. The van der Waals surface area contributed by atoms with Gasteiger partial charge >= 0.3 is 5.97 Å². The minimum atomic E-state index is -3.70. The summed E-state index contributed by atoms with van der Waals surface area (Å²) in [6, 6.07) is 12.2. The molecule has 0 radical (unpaired) electrons. The van der Waals surface area contributed by atoms with Crippen LogP contribution in [0.15, 0.2) is 48.5 Å². The largest absolute Gasteiger partial charge is 0.462 e. The molecule has 0 saturated heterocycles. The number of aryl methyl sites for hydroxylation is 1. The SMILES string of the molecule is CCOC(=O)c1ccc(C)c(NC(=O)[C@H](C)N(c2ccccc2)S(C)(=O)=O)c1. The molecule has 0 aliphatic carbocycles. The highest BCUT2D eigenvalue weighted by molar-refractivity contribution is 7.92. The third kappa shape index (κ3) is 5.10. The zero-order valence-corrected chi connectivity index (χ0v) is 17.1. The third-order valence-corrected chi connectivity index (χ3v) is 5.35. The van der Waals surface area contributed by atoms with Crippen LogP contribution in [0, 0.1) is 6.92 Å². The lowest BCUT2D eigenvalue weighted by atomic mass is 10.1. The zero-order valence-electron chi connectivity index (χ0n) is 16.3. The average Bonchev–Trinajstić information content (AvgIpc) is 2.63. The molecule has 7 nitrogen and oxygen atoms in total. The number of hydrogen-bond acceptors (Lipinski definition) is 5. The van der Waals surface area contributed by atoms with Crippen molar-refractivity contribution in [3.8, 4) is 0 Å². The second kappa shape index (κ2) is 8.88. The van der Waals surface area contributed by atoms with Gasteiger partial charge in [-0.1, -0.05) is 24.3 Å². The molecule has 0 saturated carbocycles. The number of rotatable bonds is 7. The number of hydrogen-bond donors (Lipinski definition) is 1. The summed E-state index contributed by atoms with van der Waals surface area (Å²) in [6.07, 6.45) is 1.05. The average molecular weight is 404 g/mol. The van der Waals surface area contributed by atoms with Gasteiger partial charge in [-0.3, -0.25) is 9.10 Å². The van der Waals surface area contributed by atoms with Gasteiger partial charge in [0.15, 0.2) is 0 Å². The Morgan fingerprint density at radius 3 is 2.36 bits per heavy atom. The molecule has 1 amide bonds. The van der Waals surface area contributed by atoms with Crippen LogP contribution >= 0.6 is 0 Å². The lowest BCUT2D eigenvalue weighted by molar-refractivity contribution is -0.116. The maximum atomic E-state index is 12.8. The number of esters is 1. The number of nitrogens with one attached hydrogen (secondary N) is 1. The van der Waals surface area contributed by atoms with Crippen molar-refractivity contribution in [2.24, 2.45) is 0 Å². The summed E-state index contributed by atoms with van der Waals surface area (Å²) < 4.78 is 30.6. The van der Waals surface area contributed by atoms with Crippen LogP contribution in [-0.4, -0.2) is 39.2 Å². The van der Waals surface area contributed by atoms with Crippen LogP contribution in [0.5, 0.6) is 0 Å². The Bertz CT molecular complexity index is 958. The van der Waals surface area contributed by atoms with Gasteiger partial charge in [0, 0.05) is 5.69 Å². The van der Waals surface area contributed by atoms with E-state index >= 15 is 0 Å². The van der Waals surface area contributed by atoms with E-state index in [2.05, 4.69) is 5.32 Å². The Morgan fingerprint density at radius 1 is 1.14 bits per heavy atom. The van der Waals surface area contributed by atoms with Gasteiger partial charge in [-0.25, -0.2) is 13.2 Å². The predicted molar refractivity (Wildman–Crippen MR) is 109 cm³/mol. The highest BCUT2D eigenvalue weighted by atomic mass is 32.2. The summed E-state index contributed by atoms with van der Waals surface area (Å²) in [7, 11) is -3.70. The Morgan fingerprint density at radius 2 is 1.79 bits per heavy atom. The van der Waals surface area contributed by atoms with E-state index in [1.54, 1.807) is 56.3 Å². The van der Waals surface area contributed by atoms with Gasteiger partial charge in [-0.05, 0) is 50.6 Å². The minimum absolute atomic E-state index is 0.242. The van der Waals surface area contributed by atoms with Crippen molar-refractivity contribution in [2.45, 2.75) is 26.8 Å². The van der Waals surface area contributed by atoms with Crippen LogP contribution in [0.2, 0.25) is 0 Å². The number of sulfonamides is 1. The topological polar surface area (TPSA) is 92.8 Å². The molecule has 0 aliphatic rings. The molecule has 28 heavy (non-hydrogen) atoms. The number of ether oxygens (including phenoxy) is 1. The standard InChI is InChI=1S/C20H24N2O5S/c1-5-27-20(24)16-12-11-14(2)18(13-16)21-19(23)15(3)22(28(4,25)26)17-9-7-6-8-10-17/h6-13,15H,5H2,1-4H3,(H,21,23)/t15-/m0/s1. The van der Waals surface area contributed by atoms with E-state index in [4.69, 9.17) is 4.74 Å². The van der Waals surface area contributed by atoms with E-state index in [1.165, 1.54) is 13.0 Å². The van der Waals surface area contributed by atoms with Gasteiger partial charge in [0.1, 0.15) is 6.04 Å². The van der Waals surface area contributed by atoms with Crippen molar-refractivity contribution >= 4 is 33.3 Å². The van der Waals surface area contributed by atoms with Gasteiger partial charge in [0.2, 0.25) is 15.9 Å². The van der Waals surface area contributed by atoms with Crippen molar-refractivity contribution in [3.05, 3.63) is 59.7 Å². The summed E-state index contributed by atoms with van der Waals surface area (Å²) in [5.74, 6) is -1.01. The minimum Gasteiger partial charge on any atom is -0.462 e. The van der Waals surface area contributed by atoms with Crippen molar-refractivity contribution < 1.29 is 22.7 Å². The Labute approximate surface area is 165 Å². The zero-order chi connectivity index (χ0) is 20.9. The smallest absolute Gasteiger partial charge is 0.338 e. The molecule has 1 atom stereocenters. The quantitative estimate of drug-likeness (QED) is 0.716. The summed E-state index contributed by atoms with van der Waals surface area (Å²) in [6.45, 7) is 5.24. The fourth-order valence-corrected chi connectivity index (χ4v) is 3.89. The highest BCUT2D eigenvalue weighted by Crippen LogP contribution is 2.23. The molecule has 2 rings (SSSR count). The summed E-state index contributed by atoms with van der Waals surface area (Å²) in [4.78, 5) is 24.7. The molecule has 2 aromatic carbocycles. The molecule has 0 spiro atoms. The van der Waals surface area contributed by atoms with Crippen LogP contribution in [0.4, 0.5) is 11.4 Å². The van der Waals surface area contributed by atoms with Crippen LogP contribution in [0.3, 0.4) is 0 Å². The number of carbonyl (C=O) groups excluding carboxylic acids is 2. The first kappa shape index (κ1) is 21.4. The van der Waals surface area contributed by atoms with E-state index in [0.29, 0.717) is 16.9 Å². The molecule has 0 aliphatic heterocycles. The monoisotopic (exact) mass is 404 g/mol. The Hall–Kier alpha value is -2.87. The Kier molecular flexibility index (Phi) is 6.80. The number of anilines is 2. The predicted octanol–water partition coefficient (Wildman–Crippen LogP) is 2.96. The van der Waals surface area contributed by atoms with E-state index in [-0.39, 0.29) is 6.61 Å². The van der Waals surface area contributed by atoms with E-state index in [9.17, 15) is 18.0 Å². The summed E-state index contributed by atoms with van der Waals surface area (Å²) >= 11 is 0. The van der Waals surface area contributed by atoms with Crippen LogP contribution in [-0.2, 0) is 19.6 Å². The molecule has 0 fully saturated rings. The van der Waals surface area contributed by atoms with Crippen molar-refractivity contribution in [2.75, 3.05) is 22.5 Å². The van der Waals surface area contributed by atoms with Gasteiger partial charge in [-0.2, -0.15) is 0 Å². The lowest BCUT2D eigenvalue weighted by Crippen LogP contribution is -2.45. The molecular formula is C20H24N2O5S. The molecule has 150 valence electrons. The first-order chi connectivity index (χ1) is 13.1. The molecular weight excluding hydrogens is 380 g/mol. The molecule has 0 bridgehead atoms. The number of amides is 1. The van der Waals surface area contributed by atoms with Crippen LogP contribution < -0.4 is 9.62 Å². The first-order valence-corrected chi connectivity index (χ1v) is 10.6. The van der Waals surface area contributed by atoms with Crippen LogP contribution in [0.25, 0.3) is 0 Å². The molecule has 0 aromatic heterocycles. The fourth-order valence-electron chi connectivity index (χ4n) is 2.72. The van der Waals surface area contributed by atoms with Crippen molar-refractivity contribution in [3.63, 3.8) is 0 Å². The number of benzene rings is 2. The second-order valence-electron chi connectivity index (χ2n) is 6.31. The highest BCUT2D eigenvalue weighted by Gasteiger charge is 2.29. The summed E-state index contributed by atoms with van der Waals surface area (Å²) in [5, 5.41) is 2.72. The molecule has 1 N–H and O–H groups in total. The van der Waals surface area contributed by atoms with E-state index < -0.39 is 27.9 Å². The Balaban J connectivity index is 2.30. The third-order valence-electron chi connectivity index (χ3n) is 4.11. The fraction of sp³-hybridized carbons (Fsp3) is 0.300. The number of carbonyl (C=O) groups is 2. The second-order valence-corrected chi connectivity index (χ2v) is 8.17. The van der Waals surface area contributed by atoms with E-state index in [0.717, 1.165) is 16.1 Å². The molecule has 2 aromatic rings. The summed E-state index contributed by atoms with van der Waals surface area (Å²) in [5.41, 5.74) is 1.85. The molecule has 8 heteroatoms. The van der Waals surface area contributed by atoms with Gasteiger partial charge in [-0.15, -0.1) is 0 Å². The number of para-hydroxylation sites is 1. The van der Waals surface area contributed by atoms with Gasteiger partial charge in [0.25, 0.3) is 0 Å². The van der Waals surface area contributed by atoms with Crippen molar-refractivity contribution in [1.29, 1.82) is 0 Å². The normalized spacial score (nSPS) is 12.1.